The number of rotatable bonds is 4. The van der Waals surface area contributed by atoms with Crippen molar-refractivity contribution in [2.75, 3.05) is 13.2 Å². The second-order valence-electron chi connectivity index (χ2n) is 5.82. The van der Waals surface area contributed by atoms with Gasteiger partial charge in [0.1, 0.15) is 0 Å². The van der Waals surface area contributed by atoms with Gasteiger partial charge in [-0.05, 0) is 32.1 Å². The Bertz CT molecular complexity index is 277. The van der Waals surface area contributed by atoms with Crippen LogP contribution in [0.4, 0.5) is 0 Å². The number of carbonyl (C=O) groups excluding carboxylic acids is 1. The van der Waals surface area contributed by atoms with E-state index in [1.165, 1.54) is 12.8 Å². The molecule has 0 aromatic rings. The van der Waals surface area contributed by atoms with Crippen molar-refractivity contribution >= 4 is 5.91 Å². The fourth-order valence-corrected chi connectivity index (χ4v) is 3.48. The fourth-order valence-electron chi connectivity index (χ4n) is 3.48. The zero-order valence-electron chi connectivity index (χ0n) is 11.2. The summed E-state index contributed by atoms with van der Waals surface area (Å²) in [4.78, 5) is 14.5. The smallest absolute Gasteiger partial charge is 0.226 e. The monoisotopic (exact) mass is 254 g/mol. The summed E-state index contributed by atoms with van der Waals surface area (Å²) >= 11 is 0. The highest BCUT2D eigenvalue weighted by Crippen LogP contribution is 2.29. The highest BCUT2D eigenvalue weighted by Gasteiger charge is 2.33. The minimum absolute atomic E-state index is 0.0704. The van der Waals surface area contributed by atoms with Crippen LogP contribution in [-0.4, -0.2) is 41.1 Å². The molecule has 0 aromatic heterocycles. The maximum atomic E-state index is 12.6. The van der Waals surface area contributed by atoms with Crippen LogP contribution >= 0.6 is 0 Å². The van der Waals surface area contributed by atoms with E-state index in [0.717, 1.165) is 38.5 Å². The molecule has 0 bridgehead atoms. The molecule has 0 aromatic carbocycles. The van der Waals surface area contributed by atoms with Gasteiger partial charge in [0.15, 0.2) is 0 Å². The quantitative estimate of drug-likeness (QED) is 0.794. The molecular formula is C14H26N2O2. The molecule has 2 atom stereocenters. The Morgan fingerprint density at radius 1 is 1.17 bits per heavy atom. The predicted octanol–water partition coefficient (Wildman–Crippen LogP) is 1.27. The van der Waals surface area contributed by atoms with E-state index in [-0.39, 0.29) is 24.5 Å². The lowest BCUT2D eigenvalue weighted by Gasteiger charge is -2.34. The Labute approximate surface area is 110 Å². The summed E-state index contributed by atoms with van der Waals surface area (Å²) in [5.41, 5.74) is 5.97. The van der Waals surface area contributed by atoms with Crippen LogP contribution in [0.3, 0.4) is 0 Å². The van der Waals surface area contributed by atoms with Gasteiger partial charge in [-0.15, -0.1) is 0 Å². The molecule has 4 heteroatoms. The van der Waals surface area contributed by atoms with E-state index in [4.69, 9.17) is 5.73 Å². The van der Waals surface area contributed by atoms with E-state index in [1.807, 2.05) is 4.90 Å². The maximum Gasteiger partial charge on any atom is 0.226 e. The van der Waals surface area contributed by atoms with E-state index in [2.05, 4.69) is 0 Å². The van der Waals surface area contributed by atoms with Crippen molar-refractivity contribution in [1.82, 2.24) is 4.90 Å². The Morgan fingerprint density at radius 2 is 1.89 bits per heavy atom. The van der Waals surface area contributed by atoms with Gasteiger partial charge in [-0.3, -0.25) is 4.79 Å². The zero-order valence-corrected chi connectivity index (χ0v) is 11.2. The van der Waals surface area contributed by atoms with Crippen LogP contribution in [0.1, 0.15) is 51.4 Å². The van der Waals surface area contributed by atoms with Gasteiger partial charge in [-0.1, -0.05) is 19.3 Å². The molecule has 0 aliphatic heterocycles. The third kappa shape index (κ3) is 3.23. The van der Waals surface area contributed by atoms with Crippen molar-refractivity contribution < 1.29 is 9.90 Å². The molecule has 0 radical (unpaired) electrons. The summed E-state index contributed by atoms with van der Waals surface area (Å²) in [5, 5.41) is 9.18. The minimum atomic E-state index is 0.0704. The number of hydrogen-bond acceptors (Lipinski definition) is 3. The number of aliphatic hydroxyl groups is 1. The van der Waals surface area contributed by atoms with Gasteiger partial charge in [0.2, 0.25) is 5.91 Å². The van der Waals surface area contributed by atoms with Crippen LogP contribution in [0, 0.1) is 5.92 Å². The topological polar surface area (TPSA) is 66.6 Å². The molecule has 2 unspecified atom stereocenters. The van der Waals surface area contributed by atoms with E-state index >= 15 is 0 Å². The van der Waals surface area contributed by atoms with E-state index < -0.39 is 0 Å². The Hall–Kier alpha value is -0.610. The van der Waals surface area contributed by atoms with E-state index in [0.29, 0.717) is 12.6 Å². The van der Waals surface area contributed by atoms with Gasteiger partial charge in [0, 0.05) is 24.5 Å². The van der Waals surface area contributed by atoms with Crippen molar-refractivity contribution in [2.45, 2.75) is 63.5 Å². The van der Waals surface area contributed by atoms with Gasteiger partial charge < -0.3 is 15.7 Å². The lowest BCUT2D eigenvalue weighted by molar-refractivity contribution is -0.139. The molecule has 0 spiro atoms. The molecule has 2 aliphatic carbocycles. The first-order valence-corrected chi connectivity index (χ1v) is 7.39. The van der Waals surface area contributed by atoms with Gasteiger partial charge in [0.25, 0.3) is 0 Å². The standard InChI is InChI=1S/C14H26N2O2/c15-12-5-3-4-11(10-12)14(18)16(8-9-17)13-6-1-2-7-13/h11-13,17H,1-10,15H2. The van der Waals surface area contributed by atoms with Gasteiger partial charge >= 0.3 is 0 Å². The molecule has 1 amide bonds. The summed E-state index contributed by atoms with van der Waals surface area (Å²) in [5.74, 6) is 0.340. The molecule has 104 valence electrons. The van der Waals surface area contributed by atoms with Crippen LogP contribution in [0.2, 0.25) is 0 Å². The number of nitrogens with two attached hydrogens (primary N) is 1. The summed E-state index contributed by atoms with van der Waals surface area (Å²) in [6.07, 6.45) is 8.54. The number of nitrogens with zero attached hydrogens (tertiary/aromatic N) is 1. The average Bonchev–Trinajstić information content (AvgIpc) is 2.89. The largest absolute Gasteiger partial charge is 0.395 e. The van der Waals surface area contributed by atoms with E-state index in [9.17, 15) is 9.90 Å². The number of amides is 1. The second kappa shape index (κ2) is 6.53. The number of aliphatic hydroxyl groups excluding tert-OH is 1. The molecule has 2 saturated carbocycles. The first-order valence-electron chi connectivity index (χ1n) is 7.39. The van der Waals surface area contributed by atoms with Gasteiger partial charge in [0.05, 0.1) is 6.61 Å². The fraction of sp³-hybridized carbons (Fsp3) is 0.929. The van der Waals surface area contributed by atoms with Gasteiger partial charge in [-0.25, -0.2) is 0 Å². The Morgan fingerprint density at radius 3 is 2.50 bits per heavy atom. The average molecular weight is 254 g/mol. The lowest BCUT2D eigenvalue weighted by Crippen LogP contribution is -2.46. The highest BCUT2D eigenvalue weighted by molar-refractivity contribution is 5.79. The molecule has 3 N–H and O–H groups in total. The molecule has 2 aliphatic rings. The summed E-state index contributed by atoms with van der Waals surface area (Å²) in [6.45, 7) is 0.566. The SMILES string of the molecule is NC1CCCC(C(=O)N(CCO)C2CCCC2)C1. The summed E-state index contributed by atoms with van der Waals surface area (Å²) in [6, 6.07) is 0.551. The molecule has 0 heterocycles. The second-order valence-corrected chi connectivity index (χ2v) is 5.82. The highest BCUT2D eigenvalue weighted by atomic mass is 16.3. The molecular weight excluding hydrogens is 228 g/mol. The number of hydrogen-bond donors (Lipinski definition) is 2. The molecule has 4 nitrogen and oxygen atoms in total. The third-order valence-corrected chi connectivity index (χ3v) is 4.45. The van der Waals surface area contributed by atoms with Crippen LogP contribution in [0.15, 0.2) is 0 Å². The summed E-state index contributed by atoms with van der Waals surface area (Å²) in [7, 11) is 0. The first kappa shape index (κ1) is 13.8. The molecule has 0 saturated heterocycles. The van der Waals surface area contributed by atoms with Crippen molar-refractivity contribution in [3.8, 4) is 0 Å². The maximum absolute atomic E-state index is 12.6. The Balaban J connectivity index is 1.97. The third-order valence-electron chi connectivity index (χ3n) is 4.45. The first-order chi connectivity index (χ1) is 8.72. The van der Waals surface area contributed by atoms with Crippen LogP contribution in [0.5, 0.6) is 0 Å². The minimum Gasteiger partial charge on any atom is -0.395 e. The van der Waals surface area contributed by atoms with Crippen LogP contribution in [-0.2, 0) is 4.79 Å². The predicted molar refractivity (Wildman–Crippen MR) is 71.0 cm³/mol. The van der Waals surface area contributed by atoms with Crippen molar-refractivity contribution in [2.24, 2.45) is 11.7 Å². The molecule has 18 heavy (non-hydrogen) atoms. The van der Waals surface area contributed by atoms with Crippen LogP contribution < -0.4 is 5.73 Å². The zero-order chi connectivity index (χ0) is 13.0. The molecule has 2 rings (SSSR count). The molecule has 2 fully saturated rings. The van der Waals surface area contributed by atoms with Crippen molar-refractivity contribution in [3.63, 3.8) is 0 Å². The van der Waals surface area contributed by atoms with Gasteiger partial charge in [-0.2, -0.15) is 0 Å². The Kier molecular flexibility index (Phi) is 5.01. The van der Waals surface area contributed by atoms with Crippen LogP contribution in [0.25, 0.3) is 0 Å². The van der Waals surface area contributed by atoms with E-state index in [1.54, 1.807) is 0 Å². The summed E-state index contributed by atoms with van der Waals surface area (Å²) < 4.78 is 0. The van der Waals surface area contributed by atoms with Crippen molar-refractivity contribution in [3.05, 3.63) is 0 Å². The lowest BCUT2D eigenvalue weighted by atomic mass is 9.85. The number of carbonyl (C=O) groups is 1. The van der Waals surface area contributed by atoms with Crippen molar-refractivity contribution in [1.29, 1.82) is 0 Å². The normalized spacial score (nSPS) is 29.4.